The van der Waals surface area contributed by atoms with Gasteiger partial charge < -0.3 is 10.2 Å². The van der Waals surface area contributed by atoms with Crippen LogP contribution in [0, 0.1) is 5.92 Å². The molecule has 0 bridgehead atoms. The van der Waals surface area contributed by atoms with Crippen LogP contribution in [0.2, 0.25) is 5.02 Å². The van der Waals surface area contributed by atoms with Gasteiger partial charge in [0, 0.05) is 19.1 Å². The summed E-state index contributed by atoms with van der Waals surface area (Å²) in [5.41, 5.74) is 0.958. The second kappa shape index (κ2) is 6.58. The summed E-state index contributed by atoms with van der Waals surface area (Å²) < 4.78 is 0. The van der Waals surface area contributed by atoms with Crippen molar-refractivity contribution < 1.29 is 0 Å². The molecule has 2 unspecified atom stereocenters. The van der Waals surface area contributed by atoms with Crippen LogP contribution in [0.1, 0.15) is 39.3 Å². The number of anilines is 1. The van der Waals surface area contributed by atoms with Crippen LogP contribution < -0.4 is 10.2 Å². The van der Waals surface area contributed by atoms with Crippen molar-refractivity contribution in [2.75, 3.05) is 18.0 Å². The average molecular weight is 282 g/mol. The lowest BCUT2D eigenvalue weighted by Gasteiger charge is -2.23. The van der Waals surface area contributed by atoms with Gasteiger partial charge in [-0.25, -0.2) is 4.98 Å². The molecule has 0 amide bonds. The van der Waals surface area contributed by atoms with Gasteiger partial charge in [-0.1, -0.05) is 25.4 Å². The Kier molecular flexibility index (Phi) is 5.06. The lowest BCUT2D eigenvalue weighted by Crippen LogP contribution is -2.28. The Hall–Kier alpha value is -0.800. The number of aromatic nitrogens is 1. The molecule has 3 nitrogen and oxygen atoms in total. The Balaban J connectivity index is 2.11. The summed E-state index contributed by atoms with van der Waals surface area (Å²) in [6.07, 6.45) is 2.37. The van der Waals surface area contributed by atoms with Crippen molar-refractivity contribution in [3.05, 3.63) is 22.8 Å². The lowest BCUT2D eigenvalue weighted by molar-refractivity contribution is 0.625. The van der Waals surface area contributed by atoms with Crippen LogP contribution in [0.25, 0.3) is 0 Å². The Morgan fingerprint density at radius 2 is 2.21 bits per heavy atom. The number of halogens is 1. The highest BCUT2D eigenvalue weighted by Crippen LogP contribution is 2.28. The Labute approximate surface area is 121 Å². The first-order valence-electron chi connectivity index (χ1n) is 7.24. The summed E-state index contributed by atoms with van der Waals surface area (Å²) in [5, 5.41) is 4.12. The maximum Gasteiger partial charge on any atom is 0.129 e. The molecule has 0 saturated carbocycles. The summed E-state index contributed by atoms with van der Waals surface area (Å²) in [7, 11) is 0. The van der Waals surface area contributed by atoms with E-state index in [1.165, 1.54) is 6.42 Å². The molecule has 0 spiro atoms. The van der Waals surface area contributed by atoms with Gasteiger partial charge in [-0.2, -0.15) is 0 Å². The molecule has 1 N–H and O–H groups in total. The molecule has 1 aliphatic rings. The van der Waals surface area contributed by atoms with E-state index in [0.717, 1.165) is 48.5 Å². The number of rotatable bonds is 5. The largest absolute Gasteiger partial charge is 0.354 e. The third-order valence-electron chi connectivity index (χ3n) is 3.70. The predicted octanol–water partition coefficient (Wildman–Crippen LogP) is 3.47. The molecule has 1 fully saturated rings. The molecule has 1 aromatic rings. The number of pyridine rings is 1. The molecule has 1 aromatic heterocycles. The van der Waals surface area contributed by atoms with E-state index in [9.17, 15) is 0 Å². The summed E-state index contributed by atoms with van der Waals surface area (Å²) in [4.78, 5) is 7.14. The minimum atomic E-state index is 0.570. The van der Waals surface area contributed by atoms with Crippen molar-refractivity contribution in [2.24, 2.45) is 5.92 Å². The summed E-state index contributed by atoms with van der Waals surface area (Å²) in [5.74, 6) is 1.81. The topological polar surface area (TPSA) is 28.2 Å². The van der Waals surface area contributed by atoms with Crippen molar-refractivity contribution in [3.8, 4) is 0 Å². The second-order valence-electron chi connectivity index (χ2n) is 5.62. The van der Waals surface area contributed by atoms with Gasteiger partial charge in [0.2, 0.25) is 0 Å². The van der Waals surface area contributed by atoms with E-state index < -0.39 is 0 Å². The monoisotopic (exact) mass is 281 g/mol. The van der Waals surface area contributed by atoms with Crippen molar-refractivity contribution >= 4 is 17.4 Å². The van der Waals surface area contributed by atoms with Crippen LogP contribution in [0.15, 0.2) is 12.1 Å². The van der Waals surface area contributed by atoms with Crippen molar-refractivity contribution in [2.45, 2.75) is 46.2 Å². The van der Waals surface area contributed by atoms with Crippen LogP contribution in [0.4, 0.5) is 5.82 Å². The summed E-state index contributed by atoms with van der Waals surface area (Å²) in [6, 6.07) is 4.59. The molecule has 4 heteroatoms. The Morgan fingerprint density at radius 3 is 2.84 bits per heavy atom. The van der Waals surface area contributed by atoms with E-state index in [1.807, 2.05) is 12.1 Å². The minimum absolute atomic E-state index is 0.570. The predicted molar refractivity (Wildman–Crippen MR) is 81.8 cm³/mol. The quantitative estimate of drug-likeness (QED) is 0.838. The number of hydrogen-bond donors (Lipinski definition) is 1. The molecule has 2 atom stereocenters. The molecule has 2 heterocycles. The maximum absolute atomic E-state index is 6.23. The van der Waals surface area contributed by atoms with Crippen LogP contribution in [0.5, 0.6) is 0 Å². The second-order valence-corrected chi connectivity index (χ2v) is 6.02. The molecular weight excluding hydrogens is 258 g/mol. The third kappa shape index (κ3) is 3.61. The van der Waals surface area contributed by atoms with E-state index in [4.69, 9.17) is 16.6 Å². The van der Waals surface area contributed by atoms with Crippen LogP contribution in [0.3, 0.4) is 0 Å². The zero-order valence-electron chi connectivity index (χ0n) is 12.1. The van der Waals surface area contributed by atoms with Crippen LogP contribution >= 0.6 is 11.6 Å². The van der Waals surface area contributed by atoms with E-state index in [2.05, 4.69) is 31.0 Å². The van der Waals surface area contributed by atoms with Crippen molar-refractivity contribution in [1.29, 1.82) is 0 Å². The number of hydrogen-bond acceptors (Lipinski definition) is 3. The van der Waals surface area contributed by atoms with E-state index in [-0.39, 0.29) is 0 Å². The maximum atomic E-state index is 6.23. The summed E-state index contributed by atoms with van der Waals surface area (Å²) >= 11 is 6.23. The fourth-order valence-corrected chi connectivity index (χ4v) is 2.93. The first-order valence-corrected chi connectivity index (χ1v) is 7.62. The van der Waals surface area contributed by atoms with Gasteiger partial charge in [-0.3, -0.25) is 0 Å². The molecule has 0 radical (unpaired) electrons. The zero-order valence-corrected chi connectivity index (χ0v) is 12.9. The highest BCUT2D eigenvalue weighted by Gasteiger charge is 2.27. The van der Waals surface area contributed by atoms with Gasteiger partial charge in [-0.05, 0) is 44.4 Å². The van der Waals surface area contributed by atoms with Gasteiger partial charge in [0.25, 0.3) is 0 Å². The van der Waals surface area contributed by atoms with Crippen LogP contribution in [-0.2, 0) is 6.54 Å². The van der Waals surface area contributed by atoms with E-state index >= 15 is 0 Å². The van der Waals surface area contributed by atoms with Gasteiger partial charge in [0.05, 0.1) is 10.7 Å². The fraction of sp³-hybridized carbons (Fsp3) is 0.667. The van der Waals surface area contributed by atoms with Gasteiger partial charge >= 0.3 is 0 Å². The standard InChI is InChI=1S/C15H24ClN3/c1-4-7-17-9-14-13(16)5-6-15(18-14)19-10-11(2)8-12(19)3/h5-6,11-12,17H,4,7-10H2,1-3H3. The Morgan fingerprint density at radius 1 is 1.42 bits per heavy atom. The highest BCUT2D eigenvalue weighted by molar-refractivity contribution is 6.31. The first kappa shape index (κ1) is 14.6. The summed E-state index contributed by atoms with van der Waals surface area (Å²) in [6.45, 7) is 9.58. The van der Waals surface area contributed by atoms with Gasteiger partial charge in [0.15, 0.2) is 0 Å². The molecule has 19 heavy (non-hydrogen) atoms. The SMILES string of the molecule is CCCNCc1nc(N2CC(C)CC2C)ccc1Cl. The number of nitrogens with zero attached hydrogens (tertiary/aromatic N) is 2. The molecule has 2 rings (SSSR count). The molecular formula is C15H24ClN3. The average Bonchev–Trinajstić information content (AvgIpc) is 2.71. The molecule has 1 saturated heterocycles. The van der Waals surface area contributed by atoms with Gasteiger partial charge in [-0.15, -0.1) is 0 Å². The van der Waals surface area contributed by atoms with Crippen LogP contribution in [-0.4, -0.2) is 24.1 Å². The fourth-order valence-electron chi connectivity index (χ4n) is 2.76. The smallest absolute Gasteiger partial charge is 0.129 e. The van der Waals surface area contributed by atoms with E-state index in [1.54, 1.807) is 0 Å². The molecule has 1 aliphatic heterocycles. The van der Waals surface area contributed by atoms with Crippen molar-refractivity contribution in [3.63, 3.8) is 0 Å². The van der Waals surface area contributed by atoms with Gasteiger partial charge in [0.1, 0.15) is 5.82 Å². The van der Waals surface area contributed by atoms with Crippen molar-refractivity contribution in [1.82, 2.24) is 10.3 Å². The third-order valence-corrected chi connectivity index (χ3v) is 4.05. The zero-order chi connectivity index (χ0) is 13.8. The first-order chi connectivity index (χ1) is 9.11. The minimum Gasteiger partial charge on any atom is -0.354 e. The highest BCUT2D eigenvalue weighted by atomic mass is 35.5. The Bertz CT molecular complexity index is 422. The molecule has 106 valence electrons. The molecule has 0 aromatic carbocycles. The molecule has 0 aliphatic carbocycles. The lowest BCUT2D eigenvalue weighted by atomic mass is 10.1. The normalized spacial score (nSPS) is 23.1. The number of nitrogens with one attached hydrogen (secondary N) is 1. The van der Waals surface area contributed by atoms with E-state index in [0.29, 0.717) is 6.04 Å².